The summed E-state index contributed by atoms with van der Waals surface area (Å²) in [6.07, 6.45) is -0.496. The first-order valence-corrected chi connectivity index (χ1v) is 12.9. The number of fused-ring (bicyclic) bond motifs is 2. The third-order valence-corrected chi connectivity index (χ3v) is 8.17. The highest BCUT2D eigenvalue weighted by molar-refractivity contribution is 6.02. The van der Waals surface area contributed by atoms with Gasteiger partial charge >= 0.3 is 24.1 Å². The van der Waals surface area contributed by atoms with Crippen LogP contribution in [-0.2, 0) is 14.3 Å². The standard InChI is InChI=1S/C28H35N3O7/c1-6-17-21(30-24(36)29-18-14-10-12-15-11-8-9-13-16(15)18)19-20(22(32)33)27(19,7-2)28(17,23(34)35)31-25(37)38-26(3,4)5/h8-14,17,19-21H,6-7H2,1-5H3,(H,31,37)(H,32,33)(H,34,35)(H2,29,30,36). The molecule has 0 bridgehead atoms. The first-order chi connectivity index (χ1) is 17.8. The summed E-state index contributed by atoms with van der Waals surface area (Å²) in [4.78, 5) is 51.6. The van der Waals surface area contributed by atoms with Crippen LogP contribution in [0.4, 0.5) is 15.3 Å². The van der Waals surface area contributed by atoms with Crippen LogP contribution < -0.4 is 16.0 Å². The quantitative estimate of drug-likeness (QED) is 0.358. The number of hydrogen-bond acceptors (Lipinski definition) is 5. The predicted molar refractivity (Wildman–Crippen MR) is 141 cm³/mol. The van der Waals surface area contributed by atoms with E-state index < -0.39 is 64.4 Å². The Morgan fingerprint density at radius 3 is 2.24 bits per heavy atom. The maximum absolute atomic E-state index is 13.3. The highest BCUT2D eigenvalue weighted by Crippen LogP contribution is 2.76. The monoisotopic (exact) mass is 525 g/mol. The van der Waals surface area contributed by atoms with E-state index in [0.29, 0.717) is 5.69 Å². The first kappa shape index (κ1) is 27.2. The van der Waals surface area contributed by atoms with E-state index in [1.165, 1.54) is 0 Å². The van der Waals surface area contributed by atoms with Gasteiger partial charge in [0, 0.05) is 28.7 Å². The van der Waals surface area contributed by atoms with Crippen molar-refractivity contribution in [3.8, 4) is 0 Å². The fourth-order valence-corrected chi connectivity index (χ4v) is 6.96. The van der Waals surface area contributed by atoms with Gasteiger partial charge < -0.3 is 30.9 Å². The number of aliphatic carboxylic acids is 2. The third kappa shape index (κ3) is 4.12. The van der Waals surface area contributed by atoms with Gasteiger partial charge in [-0.15, -0.1) is 0 Å². The molecule has 5 N–H and O–H groups in total. The molecule has 0 radical (unpaired) electrons. The van der Waals surface area contributed by atoms with E-state index in [-0.39, 0.29) is 12.8 Å². The van der Waals surface area contributed by atoms with Crippen molar-refractivity contribution < 1.29 is 34.1 Å². The van der Waals surface area contributed by atoms with E-state index >= 15 is 0 Å². The highest BCUT2D eigenvalue weighted by atomic mass is 16.6. The summed E-state index contributed by atoms with van der Waals surface area (Å²) >= 11 is 0. The van der Waals surface area contributed by atoms with Crippen molar-refractivity contribution in [2.75, 3.05) is 5.32 Å². The van der Waals surface area contributed by atoms with E-state index in [4.69, 9.17) is 4.74 Å². The van der Waals surface area contributed by atoms with Crippen LogP contribution >= 0.6 is 0 Å². The van der Waals surface area contributed by atoms with Crippen molar-refractivity contribution in [1.82, 2.24) is 10.6 Å². The smallest absolute Gasteiger partial charge is 0.408 e. The molecule has 6 atom stereocenters. The lowest BCUT2D eigenvalue weighted by Crippen LogP contribution is -2.66. The summed E-state index contributed by atoms with van der Waals surface area (Å²) in [7, 11) is 0. The molecule has 0 heterocycles. The number of amides is 3. The summed E-state index contributed by atoms with van der Waals surface area (Å²) in [6, 6.07) is 11.6. The zero-order valence-corrected chi connectivity index (χ0v) is 22.2. The molecule has 2 aliphatic carbocycles. The van der Waals surface area contributed by atoms with Crippen LogP contribution in [0.15, 0.2) is 42.5 Å². The molecular formula is C28H35N3O7. The molecule has 0 saturated heterocycles. The number of anilines is 1. The molecule has 4 rings (SSSR count). The second-order valence-corrected chi connectivity index (χ2v) is 11.1. The minimum Gasteiger partial charge on any atom is -0.481 e. The normalized spacial score (nSPS) is 29.7. The molecule has 10 nitrogen and oxygen atoms in total. The van der Waals surface area contributed by atoms with Crippen LogP contribution in [-0.4, -0.2) is 51.5 Å². The molecule has 10 heteroatoms. The van der Waals surface area contributed by atoms with Gasteiger partial charge in [0.25, 0.3) is 0 Å². The minimum atomic E-state index is -1.95. The van der Waals surface area contributed by atoms with Crippen molar-refractivity contribution in [3.05, 3.63) is 42.5 Å². The van der Waals surface area contributed by atoms with Crippen molar-refractivity contribution >= 4 is 40.5 Å². The first-order valence-electron chi connectivity index (χ1n) is 12.9. The Kier molecular flexibility index (Phi) is 6.80. The van der Waals surface area contributed by atoms with Gasteiger partial charge in [-0.3, -0.25) is 4.79 Å². The Morgan fingerprint density at radius 1 is 1.00 bits per heavy atom. The lowest BCUT2D eigenvalue weighted by Gasteiger charge is -2.42. The summed E-state index contributed by atoms with van der Waals surface area (Å²) in [5.41, 5.74) is -3.59. The zero-order chi connectivity index (χ0) is 28.0. The van der Waals surface area contributed by atoms with Crippen molar-refractivity contribution in [3.63, 3.8) is 0 Å². The molecule has 2 saturated carbocycles. The van der Waals surface area contributed by atoms with Crippen LogP contribution in [0, 0.1) is 23.2 Å². The van der Waals surface area contributed by atoms with Crippen molar-refractivity contribution in [2.24, 2.45) is 23.2 Å². The number of ether oxygens (including phenoxy) is 1. The summed E-state index contributed by atoms with van der Waals surface area (Å²) in [5, 5.41) is 30.8. The van der Waals surface area contributed by atoms with Gasteiger partial charge in [-0.2, -0.15) is 0 Å². The number of hydrogen-bond donors (Lipinski definition) is 5. The molecule has 0 aliphatic heterocycles. The van der Waals surface area contributed by atoms with E-state index in [9.17, 15) is 29.4 Å². The molecule has 0 aromatic heterocycles. The van der Waals surface area contributed by atoms with Crippen LogP contribution in [0.2, 0.25) is 0 Å². The zero-order valence-electron chi connectivity index (χ0n) is 22.2. The summed E-state index contributed by atoms with van der Waals surface area (Å²) in [6.45, 7) is 8.45. The Labute approximate surface area is 221 Å². The number of nitrogens with one attached hydrogen (secondary N) is 3. The second kappa shape index (κ2) is 9.49. The molecule has 2 aliphatic rings. The minimum absolute atomic E-state index is 0.177. The van der Waals surface area contributed by atoms with Crippen LogP contribution in [0.1, 0.15) is 47.5 Å². The number of carboxylic acid groups (broad SMARTS) is 2. The van der Waals surface area contributed by atoms with Gasteiger partial charge in [0.05, 0.1) is 11.6 Å². The van der Waals surface area contributed by atoms with Gasteiger partial charge in [-0.05, 0) is 45.1 Å². The molecule has 204 valence electrons. The lowest BCUT2D eigenvalue weighted by molar-refractivity contribution is -0.153. The van der Waals surface area contributed by atoms with Crippen molar-refractivity contribution in [1.29, 1.82) is 0 Å². The highest BCUT2D eigenvalue weighted by Gasteiger charge is 2.88. The average Bonchev–Trinajstić information content (AvgIpc) is 3.47. The molecule has 2 fully saturated rings. The Hall–Kier alpha value is -3.82. The van der Waals surface area contributed by atoms with E-state index in [2.05, 4.69) is 16.0 Å². The van der Waals surface area contributed by atoms with Crippen LogP contribution in [0.25, 0.3) is 10.8 Å². The van der Waals surface area contributed by atoms with E-state index in [1.807, 2.05) is 36.4 Å². The van der Waals surface area contributed by atoms with Gasteiger partial charge in [-0.1, -0.05) is 50.2 Å². The number of benzene rings is 2. The molecule has 2 aromatic carbocycles. The Balaban J connectivity index is 1.71. The molecule has 2 aromatic rings. The third-order valence-electron chi connectivity index (χ3n) is 8.17. The largest absolute Gasteiger partial charge is 0.481 e. The van der Waals surface area contributed by atoms with E-state index in [1.54, 1.807) is 40.7 Å². The van der Waals surface area contributed by atoms with Crippen LogP contribution in [0.5, 0.6) is 0 Å². The van der Waals surface area contributed by atoms with Gasteiger partial charge in [0.15, 0.2) is 5.54 Å². The molecule has 3 amide bonds. The van der Waals surface area contributed by atoms with Gasteiger partial charge in [0.2, 0.25) is 0 Å². The fraction of sp³-hybridized carbons (Fsp3) is 0.500. The number of carbonyl (C=O) groups is 4. The fourth-order valence-electron chi connectivity index (χ4n) is 6.96. The summed E-state index contributed by atoms with van der Waals surface area (Å²) in [5.74, 6) is -5.05. The van der Waals surface area contributed by atoms with E-state index in [0.717, 1.165) is 10.8 Å². The van der Waals surface area contributed by atoms with Crippen molar-refractivity contribution in [2.45, 2.75) is 64.6 Å². The molecule has 6 unspecified atom stereocenters. The Bertz CT molecular complexity index is 1280. The van der Waals surface area contributed by atoms with Gasteiger partial charge in [-0.25, -0.2) is 14.4 Å². The van der Waals surface area contributed by atoms with Gasteiger partial charge in [0.1, 0.15) is 5.60 Å². The Morgan fingerprint density at radius 2 is 1.66 bits per heavy atom. The number of urea groups is 1. The number of carboxylic acids is 2. The number of alkyl carbamates (subject to hydrolysis) is 1. The number of carbonyl (C=O) groups excluding carboxylic acids is 2. The molecule has 0 spiro atoms. The summed E-state index contributed by atoms with van der Waals surface area (Å²) < 4.78 is 5.40. The molecular weight excluding hydrogens is 490 g/mol. The maximum atomic E-state index is 13.3. The lowest BCUT2D eigenvalue weighted by atomic mass is 9.70. The topological polar surface area (TPSA) is 154 Å². The SMILES string of the molecule is CCC1C(NC(=O)Nc2cccc3ccccc23)C2C(C(=O)O)C2(CC)C1(NC(=O)OC(C)(C)C)C(=O)O. The average molecular weight is 526 g/mol. The second-order valence-electron chi connectivity index (χ2n) is 11.1. The predicted octanol–water partition coefficient (Wildman–Crippen LogP) is 4.44. The number of rotatable bonds is 7. The molecule has 38 heavy (non-hydrogen) atoms. The van der Waals surface area contributed by atoms with Crippen LogP contribution in [0.3, 0.4) is 0 Å². The maximum Gasteiger partial charge on any atom is 0.408 e.